The topological polar surface area (TPSA) is 145 Å². The van der Waals surface area contributed by atoms with Crippen LogP contribution in [0.15, 0.2) is 60.7 Å². The van der Waals surface area contributed by atoms with Crippen LogP contribution in [-0.2, 0) is 25.1 Å². The fraction of sp³-hybridized carbons (Fsp3) is 0.423. The molecule has 0 spiro atoms. The number of amides is 4. The number of ether oxygens (including phenoxy) is 1. The Bertz CT molecular complexity index is 1220. The zero-order chi connectivity index (χ0) is 27.1. The Kier molecular flexibility index (Phi) is 8.97. The van der Waals surface area contributed by atoms with E-state index in [0.717, 1.165) is 0 Å². The van der Waals surface area contributed by atoms with Crippen molar-refractivity contribution in [3.63, 3.8) is 0 Å². The highest BCUT2D eigenvalue weighted by Gasteiger charge is 2.38. The van der Waals surface area contributed by atoms with Crippen molar-refractivity contribution in [1.82, 2.24) is 20.4 Å². The molecule has 2 fully saturated rings. The summed E-state index contributed by atoms with van der Waals surface area (Å²) in [7, 11) is -3.81. The quantitative estimate of drug-likeness (QED) is 0.425. The van der Waals surface area contributed by atoms with Crippen LogP contribution < -0.4 is 10.6 Å². The molecule has 0 bridgehead atoms. The molecule has 2 aliphatic rings. The number of β-amino-alcohol motifs (C(OH)–C–C–N with tert-alkyl or cyclic N) is 1. The lowest BCUT2D eigenvalue weighted by Gasteiger charge is -2.29. The molecular formula is C26H32N4O7S. The zero-order valence-electron chi connectivity index (χ0n) is 20.9. The van der Waals surface area contributed by atoms with E-state index in [2.05, 4.69) is 10.6 Å². The van der Waals surface area contributed by atoms with Gasteiger partial charge in [-0.2, -0.15) is 0 Å². The average Bonchev–Trinajstić information content (AvgIpc) is 3.28. The van der Waals surface area contributed by atoms with E-state index in [1.54, 1.807) is 60.7 Å². The predicted octanol–water partition coefficient (Wildman–Crippen LogP) is 0.0135. The average molecular weight is 545 g/mol. The molecule has 2 saturated heterocycles. The number of likely N-dealkylation sites (tertiary alicyclic amines) is 1. The summed E-state index contributed by atoms with van der Waals surface area (Å²) in [5.74, 6) is -1.96. The second-order valence-corrected chi connectivity index (χ2v) is 11.5. The van der Waals surface area contributed by atoms with E-state index >= 15 is 0 Å². The summed E-state index contributed by atoms with van der Waals surface area (Å²) in [5, 5.41) is 15.8. The number of urea groups is 1. The molecule has 4 amide bonds. The number of hydrogen-bond donors (Lipinski definition) is 3. The molecule has 38 heavy (non-hydrogen) atoms. The number of nitrogens with zero attached hydrogens (tertiary/aromatic N) is 2. The van der Waals surface area contributed by atoms with Crippen LogP contribution in [0.3, 0.4) is 0 Å². The Morgan fingerprint density at radius 1 is 0.947 bits per heavy atom. The van der Waals surface area contributed by atoms with Gasteiger partial charge in [-0.25, -0.2) is 13.2 Å². The van der Waals surface area contributed by atoms with Gasteiger partial charge in [-0.05, 0) is 17.7 Å². The van der Waals surface area contributed by atoms with Crippen LogP contribution >= 0.6 is 0 Å². The highest BCUT2D eigenvalue weighted by atomic mass is 32.2. The van der Waals surface area contributed by atoms with Gasteiger partial charge in [-0.1, -0.05) is 48.5 Å². The molecule has 4 rings (SSSR count). The summed E-state index contributed by atoms with van der Waals surface area (Å²) < 4.78 is 31.3. The van der Waals surface area contributed by atoms with Gasteiger partial charge in [-0.15, -0.1) is 0 Å². The lowest BCUT2D eigenvalue weighted by Crippen LogP contribution is -2.58. The minimum Gasteiger partial charge on any atom is -0.389 e. The van der Waals surface area contributed by atoms with Crippen molar-refractivity contribution in [3.8, 4) is 0 Å². The molecule has 2 aromatic carbocycles. The molecule has 0 saturated carbocycles. The Morgan fingerprint density at radius 3 is 2.24 bits per heavy atom. The molecule has 2 aliphatic heterocycles. The Balaban J connectivity index is 1.45. The summed E-state index contributed by atoms with van der Waals surface area (Å²) in [6.07, 6.45) is -1.05. The van der Waals surface area contributed by atoms with E-state index in [1.165, 1.54) is 9.80 Å². The van der Waals surface area contributed by atoms with E-state index in [9.17, 15) is 27.9 Å². The number of hydrogen-bond acceptors (Lipinski definition) is 7. The highest BCUT2D eigenvalue weighted by molar-refractivity contribution is 7.90. The van der Waals surface area contributed by atoms with Crippen LogP contribution in [0.1, 0.15) is 15.9 Å². The first-order valence-corrected chi connectivity index (χ1v) is 14.2. The molecule has 3 unspecified atom stereocenters. The van der Waals surface area contributed by atoms with Gasteiger partial charge < -0.3 is 30.3 Å². The largest absolute Gasteiger partial charge is 0.389 e. The maximum atomic E-state index is 13.3. The van der Waals surface area contributed by atoms with Crippen molar-refractivity contribution >= 4 is 27.7 Å². The molecule has 0 radical (unpaired) electrons. The SMILES string of the molecule is O=C(NC1CN(C(=O)c2ccccc2)CC1O)C(CS(=O)(=O)Cc1ccccc1)NC(=O)N1CCOCC1. The normalized spacial score (nSPS) is 20.6. The van der Waals surface area contributed by atoms with Crippen LogP contribution in [0.4, 0.5) is 4.79 Å². The highest BCUT2D eigenvalue weighted by Crippen LogP contribution is 2.15. The standard InChI is InChI=1S/C26H32N4O7S/c31-23-16-30(25(33)20-9-5-2-6-10-20)15-21(23)27-24(32)22(28-26(34)29-11-13-37-14-12-29)18-38(35,36)17-19-7-3-1-4-8-19/h1-10,21-23,31H,11-18H2,(H,27,32)(H,28,34). The van der Waals surface area contributed by atoms with Crippen LogP contribution in [-0.4, -0.2) is 105 Å². The number of benzene rings is 2. The molecule has 204 valence electrons. The number of nitrogens with one attached hydrogen (secondary N) is 2. The van der Waals surface area contributed by atoms with Crippen LogP contribution in [0.2, 0.25) is 0 Å². The molecule has 12 heteroatoms. The Morgan fingerprint density at radius 2 is 1.58 bits per heavy atom. The third-order valence-corrected chi connectivity index (χ3v) is 8.10. The second kappa shape index (κ2) is 12.4. The number of morpholine rings is 1. The third kappa shape index (κ3) is 7.30. The van der Waals surface area contributed by atoms with E-state index < -0.39 is 45.7 Å². The number of carbonyl (C=O) groups excluding carboxylic acids is 3. The number of sulfone groups is 1. The van der Waals surface area contributed by atoms with Crippen LogP contribution in [0.5, 0.6) is 0 Å². The van der Waals surface area contributed by atoms with E-state index in [0.29, 0.717) is 37.4 Å². The van der Waals surface area contributed by atoms with Crippen LogP contribution in [0, 0.1) is 0 Å². The van der Waals surface area contributed by atoms with Crippen molar-refractivity contribution in [1.29, 1.82) is 0 Å². The monoisotopic (exact) mass is 544 g/mol. The molecule has 0 aromatic heterocycles. The zero-order valence-corrected chi connectivity index (χ0v) is 21.7. The first-order valence-electron chi connectivity index (χ1n) is 12.4. The molecule has 11 nitrogen and oxygen atoms in total. The van der Waals surface area contributed by atoms with Crippen molar-refractivity contribution in [2.24, 2.45) is 0 Å². The molecule has 3 N–H and O–H groups in total. The van der Waals surface area contributed by atoms with Gasteiger partial charge in [0, 0.05) is 31.7 Å². The minimum absolute atomic E-state index is 0.00971. The Labute approximate surface area is 221 Å². The van der Waals surface area contributed by atoms with Gasteiger partial charge in [0.25, 0.3) is 5.91 Å². The smallest absolute Gasteiger partial charge is 0.318 e. The van der Waals surface area contributed by atoms with Gasteiger partial charge in [0.1, 0.15) is 6.04 Å². The fourth-order valence-corrected chi connectivity index (χ4v) is 6.03. The van der Waals surface area contributed by atoms with Gasteiger partial charge >= 0.3 is 6.03 Å². The Hall–Kier alpha value is -3.48. The maximum absolute atomic E-state index is 13.3. The van der Waals surface area contributed by atoms with Crippen molar-refractivity contribution in [3.05, 3.63) is 71.8 Å². The third-order valence-electron chi connectivity index (χ3n) is 6.49. The minimum atomic E-state index is -3.81. The van der Waals surface area contributed by atoms with Gasteiger partial charge in [0.2, 0.25) is 5.91 Å². The molecule has 0 aliphatic carbocycles. The van der Waals surface area contributed by atoms with E-state index in [4.69, 9.17) is 4.74 Å². The van der Waals surface area contributed by atoms with Gasteiger partial charge in [0.05, 0.1) is 36.9 Å². The summed E-state index contributed by atoms with van der Waals surface area (Å²) in [5.41, 5.74) is 1.02. The van der Waals surface area contributed by atoms with E-state index in [1.807, 2.05) is 0 Å². The second-order valence-electron chi connectivity index (χ2n) is 9.40. The van der Waals surface area contributed by atoms with Gasteiger partial charge in [-0.3, -0.25) is 9.59 Å². The fourth-order valence-electron chi connectivity index (χ4n) is 4.47. The van der Waals surface area contributed by atoms with Crippen molar-refractivity contribution in [2.45, 2.75) is 23.9 Å². The van der Waals surface area contributed by atoms with Crippen molar-refractivity contribution in [2.75, 3.05) is 45.1 Å². The number of rotatable bonds is 8. The summed E-state index contributed by atoms with van der Waals surface area (Å²) in [4.78, 5) is 41.8. The number of carbonyl (C=O) groups is 3. The number of aliphatic hydroxyl groups is 1. The van der Waals surface area contributed by atoms with Gasteiger partial charge in [0.15, 0.2) is 9.84 Å². The number of aliphatic hydroxyl groups excluding tert-OH is 1. The first-order chi connectivity index (χ1) is 18.2. The molecule has 2 aromatic rings. The molecule has 3 atom stereocenters. The summed E-state index contributed by atoms with van der Waals surface area (Å²) in [6.45, 7) is 1.37. The lowest BCUT2D eigenvalue weighted by molar-refractivity contribution is -0.123. The van der Waals surface area contributed by atoms with Crippen molar-refractivity contribution < 1.29 is 32.6 Å². The predicted molar refractivity (Wildman–Crippen MR) is 139 cm³/mol. The van der Waals surface area contributed by atoms with Crippen LogP contribution in [0.25, 0.3) is 0 Å². The van der Waals surface area contributed by atoms with E-state index in [-0.39, 0.29) is 24.7 Å². The maximum Gasteiger partial charge on any atom is 0.318 e. The lowest BCUT2D eigenvalue weighted by atomic mass is 10.2. The summed E-state index contributed by atoms with van der Waals surface area (Å²) in [6, 6.07) is 14.3. The molecule has 2 heterocycles. The molecular weight excluding hydrogens is 512 g/mol. The first kappa shape index (κ1) is 27.6. The summed E-state index contributed by atoms with van der Waals surface area (Å²) >= 11 is 0.